The molecule has 0 radical (unpaired) electrons. The second kappa shape index (κ2) is 2.98. The highest BCUT2D eigenvalue weighted by molar-refractivity contribution is 4.98. The molecular formula is C12H22O. The minimum atomic E-state index is 0.424. The summed E-state index contributed by atoms with van der Waals surface area (Å²) in [6.45, 7) is 7.49. The molecule has 0 saturated heterocycles. The molecule has 0 aromatic rings. The van der Waals surface area contributed by atoms with Crippen LogP contribution in [0, 0.1) is 29.1 Å². The Labute approximate surface area is 81.5 Å². The number of aliphatic hydroxyl groups excluding tert-OH is 1. The number of hydrogen-bond acceptors (Lipinski definition) is 1. The molecule has 1 heteroatoms. The van der Waals surface area contributed by atoms with Crippen LogP contribution in [0.4, 0.5) is 0 Å². The highest BCUT2D eigenvalue weighted by atomic mass is 16.3. The predicted molar refractivity (Wildman–Crippen MR) is 54.4 cm³/mol. The van der Waals surface area contributed by atoms with Crippen LogP contribution in [-0.2, 0) is 0 Å². The van der Waals surface area contributed by atoms with Crippen molar-refractivity contribution in [3.05, 3.63) is 0 Å². The van der Waals surface area contributed by atoms with Gasteiger partial charge in [0.15, 0.2) is 0 Å². The van der Waals surface area contributed by atoms with Gasteiger partial charge in [-0.2, -0.15) is 0 Å². The zero-order chi connectivity index (χ0) is 9.64. The molecule has 4 unspecified atom stereocenters. The third kappa shape index (κ3) is 1.52. The Morgan fingerprint density at radius 2 is 1.85 bits per heavy atom. The molecule has 2 aliphatic carbocycles. The van der Waals surface area contributed by atoms with Gasteiger partial charge in [-0.05, 0) is 48.3 Å². The monoisotopic (exact) mass is 182 g/mol. The average Bonchev–Trinajstić information content (AvgIpc) is 2.59. The van der Waals surface area contributed by atoms with Crippen molar-refractivity contribution in [1.82, 2.24) is 0 Å². The maximum atomic E-state index is 9.27. The van der Waals surface area contributed by atoms with E-state index < -0.39 is 0 Å². The second-order valence-electron chi connectivity index (χ2n) is 6.15. The first-order valence-corrected chi connectivity index (χ1v) is 5.63. The highest BCUT2D eigenvalue weighted by Crippen LogP contribution is 2.56. The minimum absolute atomic E-state index is 0.424. The number of aliphatic hydroxyl groups is 1. The largest absolute Gasteiger partial charge is 0.396 e. The Morgan fingerprint density at radius 1 is 1.15 bits per heavy atom. The van der Waals surface area contributed by atoms with Crippen molar-refractivity contribution in [2.24, 2.45) is 29.1 Å². The Kier molecular flexibility index (Phi) is 2.18. The molecule has 0 aromatic carbocycles. The highest BCUT2D eigenvalue weighted by Gasteiger charge is 2.49. The van der Waals surface area contributed by atoms with E-state index in [0.29, 0.717) is 17.9 Å². The van der Waals surface area contributed by atoms with Gasteiger partial charge < -0.3 is 5.11 Å². The van der Waals surface area contributed by atoms with E-state index in [0.717, 1.165) is 17.8 Å². The zero-order valence-electron chi connectivity index (χ0n) is 9.09. The second-order valence-corrected chi connectivity index (χ2v) is 6.15. The molecule has 4 atom stereocenters. The van der Waals surface area contributed by atoms with Crippen molar-refractivity contribution in [2.75, 3.05) is 6.61 Å². The van der Waals surface area contributed by atoms with Crippen molar-refractivity contribution >= 4 is 0 Å². The van der Waals surface area contributed by atoms with Crippen LogP contribution in [0.15, 0.2) is 0 Å². The van der Waals surface area contributed by atoms with E-state index in [4.69, 9.17) is 0 Å². The van der Waals surface area contributed by atoms with Gasteiger partial charge in [0.1, 0.15) is 0 Å². The van der Waals surface area contributed by atoms with Crippen LogP contribution in [-0.4, -0.2) is 11.7 Å². The first kappa shape index (κ1) is 9.51. The van der Waals surface area contributed by atoms with E-state index in [1.165, 1.54) is 19.3 Å². The van der Waals surface area contributed by atoms with E-state index in [9.17, 15) is 5.11 Å². The lowest BCUT2D eigenvalue weighted by Gasteiger charge is -2.37. The topological polar surface area (TPSA) is 20.2 Å². The van der Waals surface area contributed by atoms with Gasteiger partial charge in [0.05, 0.1) is 0 Å². The number of hydrogen-bond donors (Lipinski definition) is 1. The predicted octanol–water partition coefficient (Wildman–Crippen LogP) is 2.69. The molecule has 2 saturated carbocycles. The Morgan fingerprint density at radius 3 is 2.31 bits per heavy atom. The van der Waals surface area contributed by atoms with Gasteiger partial charge in [0, 0.05) is 6.61 Å². The summed E-state index contributed by atoms with van der Waals surface area (Å²) in [4.78, 5) is 0. The van der Waals surface area contributed by atoms with E-state index in [2.05, 4.69) is 20.8 Å². The van der Waals surface area contributed by atoms with Crippen LogP contribution >= 0.6 is 0 Å². The lowest BCUT2D eigenvalue weighted by atomic mass is 9.68. The molecule has 2 aliphatic rings. The van der Waals surface area contributed by atoms with Gasteiger partial charge in [-0.1, -0.05) is 20.8 Å². The Bertz CT molecular complexity index is 192. The number of rotatable bonds is 1. The van der Waals surface area contributed by atoms with Crippen LogP contribution in [0.3, 0.4) is 0 Å². The van der Waals surface area contributed by atoms with Gasteiger partial charge in [0.25, 0.3) is 0 Å². The summed E-state index contributed by atoms with van der Waals surface area (Å²) >= 11 is 0. The lowest BCUT2D eigenvalue weighted by Crippen LogP contribution is -2.31. The fourth-order valence-corrected chi connectivity index (χ4v) is 3.70. The zero-order valence-corrected chi connectivity index (χ0v) is 9.09. The molecule has 1 N–H and O–H groups in total. The molecule has 0 aromatic heterocycles. The first-order valence-electron chi connectivity index (χ1n) is 5.63. The molecule has 1 nitrogen and oxygen atoms in total. The summed E-state index contributed by atoms with van der Waals surface area (Å²) in [7, 11) is 0. The fraction of sp³-hybridized carbons (Fsp3) is 1.00. The average molecular weight is 182 g/mol. The third-order valence-electron chi connectivity index (χ3n) is 4.30. The van der Waals surface area contributed by atoms with Crippen LogP contribution in [0.25, 0.3) is 0 Å². The van der Waals surface area contributed by atoms with Gasteiger partial charge in [-0.3, -0.25) is 0 Å². The van der Waals surface area contributed by atoms with Crippen LogP contribution in [0.2, 0.25) is 0 Å². The number of fused-ring (bicyclic) bond motifs is 2. The Balaban J connectivity index is 2.10. The first-order chi connectivity index (χ1) is 6.02. The molecule has 2 rings (SSSR count). The van der Waals surface area contributed by atoms with Crippen molar-refractivity contribution in [3.63, 3.8) is 0 Å². The normalized spacial score (nSPS) is 44.3. The fourth-order valence-electron chi connectivity index (χ4n) is 3.70. The molecular weight excluding hydrogens is 160 g/mol. The van der Waals surface area contributed by atoms with E-state index in [-0.39, 0.29) is 0 Å². The van der Waals surface area contributed by atoms with E-state index in [1.54, 1.807) is 0 Å². The SMILES string of the molecule is CC(C)(C)C1CC2CC(CO)C1C2. The lowest BCUT2D eigenvalue weighted by molar-refractivity contribution is 0.0820. The molecule has 2 bridgehead atoms. The van der Waals surface area contributed by atoms with Gasteiger partial charge in [-0.15, -0.1) is 0 Å². The maximum Gasteiger partial charge on any atom is 0.0462 e. The van der Waals surface area contributed by atoms with Gasteiger partial charge in [0.2, 0.25) is 0 Å². The Hall–Kier alpha value is -0.0400. The van der Waals surface area contributed by atoms with Crippen LogP contribution in [0.1, 0.15) is 40.0 Å². The molecule has 0 amide bonds. The summed E-state index contributed by atoms with van der Waals surface area (Å²) in [5.41, 5.74) is 0.452. The smallest absolute Gasteiger partial charge is 0.0462 e. The molecule has 0 aliphatic heterocycles. The molecule has 0 spiro atoms. The summed E-state index contributed by atoms with van der Waals surface area (Å²) < 4.78 is 0. The van der Waals surface area contributed by atoms with Crippen LogP contribution in [0.5, 0.6) is 0 Å². The molecule has 2 fully saturated rings. The van der Waals surface area contributed by atoms with Crippen molar-refractivity contribution < 1.29 is 5.11 Å². The molecule has 13 heavy (non-hydrogen) atoms. The van der Waals surface area contributed by atoms with Crippen LogP contribution < -0.4 is 0 Å². The third-order valence-corrected chi connectivity index (χ3v) is 4.30. The van der Waals surface area contributed by atoms with Gasteiger partial charge in [-0.25, -0.2) is 0 Å². The molecule has 76 valence electrons. The van der Waals surface area contributed by atoms with Crippen molar-refractivity contribution in [3.8, 4) is 0 Å². The van der Waals surface area contributed by atoms with E-state index in [1.807, 2.05) is 0 Å². The molecule has 0 heterocycles. The van der Waals surface area contributed by atoms with Crippen molar-refractivity contribution in [2.45, 2.75) is 40.0 Å². The quantitative estimate of drug-likeness (QED) is 0.661. The minimum Gasteiger partial charge on any atom is -0.396 e. The summed E-state index contributed by atoms with van der Waals surface area (Å²) in [6.07, 6.45) is 4.12. The van der Waals surface area contributed by atoms with E-state index >= 15 is 0 Å². The standard InChI is InChI=1S/C12H22O/c1-12(2,3)11-6-8-4-9(7-13)10(11)5-8/h8-11,13H,4-7H2,1-3H3. The summed E-state index contributed by atoms with van der Waals surface area (Å²) in [5, 5.41) is 9.27. The maximum absolute atomic E-state index is 9.27. The summed E-state index contributed by atoms with van der Waals surface area (Å²) in [6, 6.07) is 0. The van der Waals surface area contributed by atoms with Gasteiger partial charge >= 0.3 is 0 Å². The summed E-state index contributed by atoms with van der Waals surface area (Å²) in [5.74, 6) is 3.26. The van der Waals surface area contributed by atoms with Crippen molar-refractivity contribution in [1.29, 1.82) is 0 Å².